The molecule has 6 rings (SSSR count). The lowest BCUT2D eigenvalue weighted by atomic mass is 9.96. The van der Waals surface area contributed by atoms with Gasteiger partial charge in [0.2, 0.25) is 0 Å². The van der Waals surface area contributed by atoms with Gasteiger partial charge in [-0.25, -0.2) is 19.7 Å². The van der Waals surface area contributed by atoms with E-state index >= 15 is 0 Å². The highest BCUT2D eigenvalue weighted by Gasteiger charge is 2.56. The lowest BCUT2D eigenvalue weighted by Gasteiger charge is -2.24. The Balaban J connectivity index is 1.39. The van der Waals surface area contributed by atoms with E-state index in [0.717, 1.165) is 16.7 Å². The van der Waals surface area contributed by atoms with E-state index < -0.39 is 30.3 Å². The Morgan fingerprint density at radius 3 is 2.50 bits per heavy atom. The van der Waals surface area contributed by atoms with Crippen molar-refractivity contribution in [2.75, 3.05) is 13.2 Å². The van der Waals surface area contributed by atoms with E-state index in [4.69, 9.17) is 18.9 Å². The van der Waals surface area contributed by atoms with Gasteiger partial charge in [0.05, 0.1) is 25.1 Å². The number of aromatic nitrogens is 4. The van der Waals surface area contributed by atoms with Gasteiger partial charge < -0.3 is 24.1 Å². The summed E-state index contributed by atoms with van der Waals surface area (Å²) in [6, 6.07) is 15.2. The number of rotatable bonds is 6. The van der Waals surface area contributed by atoms with Crippen LogP contribution in [0, 0.1) is 0 Å². The van der Waals surface area contributed by atoms with Gasteiger partial charge in [-0.2, -0.15) is 0 Å². The number of aliphatic hydroxyl groups excluding tert-OH is 1. The standard InChI is InChI=1S/C28H28N4O6/c1-4-35-27(34)17-11-9-16(10-12-17)18-7-5-6-8-19(18)21-22-25(30-14-29-21)32(15-31-22)26-24-23(20(13-33)36-26)37-28(2,3)38-24/h5-12,14-15,20,23-24,26,33H,4,13H2,1-3H3/t20-,23-,24-,26-/m1/s1. The van der Waals surface area contributed by atoms with Crippen LogP contribution in [0.4, 0.5) is 0 Å². The zero-order chi connectivity index (χ0) is 26.4. The van der Waals surface area contributed by atoms with Gasteiger partial charge in [-0.05, 0) is 44.0 Å². The van der Waals surface area contributed by atoms with Gasteiger partial charge in [0.1, 0.15) is 35.8 Å². The maximum atomic E-state index is 12.1. The maximum absolute atomic E-state index is 12.1. The first-order valence-electron chi connectivity index (χ1n) is 12.6. The van der Waals surface area contributed by atoms with Crippen LogP contribution in [0.25, 0.3) is 33.5 Å². The van der Waals surface area contributed by atoms with Crippen molar-refractivity contribution >= 4 is 17.1 Å². The van der Waals surface area contributed by atoms with Crippen LogP contribution in [0.15, 0.2) is 61.2 Å². The number of carbonyl (C=O) groups is 1. The Kier molecular flexibility index (Phi) is 6.19. The summed E-state index contributed by atoms with van der Waals surface area (Å²) >= 11 is 0. The molecule has 0 aliphatic carbocycles. The molecule has 2 saturated heterocycles. The second kappa shape index (κ2) is 9.55. The average molecular weight is 517 g/mol. The molecular weight excluding hydrogens is 488 g/mol. The Labute approximate surface area is 219 Å². The van der Waals surface area contributed by atoms with E-state index in [0.29, 0.717) is 29.0 Å². The van der Waals surface area contributed by atoms with Crippen LogP contribution in [0.2, 0.25) is 0 Å². The van der Waals surface area contributed by atoms with Gasteiger partial charge in [0.15, 0.2) is 17.7 Å². The number of hydrogen-bond donors (Lipinski definition) is 1. The van der Waals surface area contributed by atoms with Crippen molar-refractivity contribution in [3.8, 4) is 22.4 Å². The van der Waals surface area contributed by atoms with Crippen LogP contribution in [0.1, 0.15) is 37.4 Å². The normalized spacial score (nSPS) is 24.0. The van der Waals surface area contributed by atoms with E-state index in [1.54, 1.807) is 25.4 Å². The first-order valence-corrected chi connectivity index (χ1v) is 12.6. The molecule has 0 amide bonds. The molecule has 4 heterocycles. The van der Waals surface area contributed by atoms with Gasteiger partial charge >= 0.3 is 5.97 Å². The molecule has 0 bridgehead atoms. The first-order chi connectivity index (χ1) is 18.4. The molecule has 38 heavy (non-hydrogen) atoms. The molecule has 2 aliphatic rings. The lowest BCUT2D eigenvalue weighted by molar-refractivity contribution is -0.199. The summed E-state index contributed by atoms with van der Waals surface area (Å²) in [5.41, 5.74) is 5.07. The molecule has 10 heteroatoms. The van der Waals surface area contributed by atoms with Crippen LogP contribution in [-0.2, 0) is 18.9 Å². The average Bonchev–Trinajstić information content (AvgIpc) is 3.59. The molecule has 2 aromatic heterocycles. The molecule has 1 N–H and O–H groups in total. The molecule has 0 radical (unpaired) electrons. The smallest absolute Gasteiger partial charge is 0.338 e. The summed E-state index contributed by atoms with van der Waals surface area (Å²) in [6.45, 7) is 5.61. The minimum atomic E-state index is -0.789. The number of esters is 1. The summed E-state index contributed by atoms with van der Waals surface area (Å²) in [7, 11) is 0. The van der Waals surface area contributed by atoms with Crippen molar-refractivity contribution in [3.63, 3.8) is 0 Å². The van der Waals surface area contributed by atoms with E-state index in [1.165, 1.54) is 6.33 Å². The summed E-state index contributed by atoms with van der Waals surface area (Å²) in [5.74, 6) is -1.14. The maximum Gasteiger partial charge on any atom is 0.338 e. The SMILES string of the molecule is CCOC(=O)c1ccc(-c2ccccc2-c2ncnc3c2ncn3[C@@H]2O[C@H](CO)[C@H]3OC(C)(C)O[C@H]32)cc1. The number of aliphatic hydroxyl groups is 1. The van der Waals surface area contributed by atoms with Crippen molar-refractivity contribution in [1.29, 1.82) is 0 Å². The van der Waals surface area contributed by atoms with Gasteiger partial charge in [-0.15, -0.1) is 0 Å². The molecule has 2 fully saturated rings. The van der Waals surface area contributed by atoms with Crippen molar-refractivity contribution < 1.29 is 28.8 Å². The predicted octanol–water partition coefficient (Wildman–Crippen LogP) is 3.75. The van der Waals surface area contributed by atoms with Gasteiger partial charge in [-0.1, -0.05) is 36.4 Å². The monoisotopic (exact) mass is 516 g/mol. The number of ether oxygens (including phenoxy) is 4. The fourth-order valence-corrected chi connectivity index (χ4v) is 5.21. The largest absolute Gasteiger partial charge is 0.462 e. The lowest BCUT2D eigenvalue weighted by Crippen LogP contribution is -2.31. The van der Waals surface area contributed by atoms with Crippen molar-refractivity contribution in [2.45, 2.75) is 51.1 Å². The Hall–Kier alpha value is -3.70. The molecule has 2 aliphatic heterocycles. The number of carbonyl (C=O) groups excluding carboxylic acids is 1. The minimum Gasteiger partial charge on any atom is -0.462 e. The van der Waals surface area contributed by atoms with Crippen LogP contribution < -0.4 is 0 Å². The fourth-order valence-electron chi connectivity index (χ4n) is 5.21. The second-order valence-electron chi connectivity index (χ2n) is 9.70. The van der Waals surface area contributed by atoms with Gasteiger partial charge in [0, 0.05) is 5.56 Å². The van der Waals surface area contributed by atoms with Crippen LogP contribution in [0.5, 0.6) is 0 Å². The quantitative estimate of drug-likeness (QED) is 0.382. The highest BCUT2D eigenvalue weighted by molar-refractivity contribution is 5.94. The fraction of sp³-hybridized carbons (Fsp3) is 0.357. The molecule has 10 nitrogen and oxygen atoms in total. The molecule has 4 atom stereocenters. The van der Waals surface area contributed by atoms with E-state index in [2.05, 4.69) is 15.0 Å². The third-order valence-electron chi connectivity index (χ3n) is 6.83. The number of benzene rings is 2. The molecule has 2 aromatic carbocycles. The van der Waals surface area contributed by atoms with Crippen molar-refractivity contribution in [2.24, 2.45) is 0 Å². The highest BCUT2D eigenvalue weighted by Crippen LogP contribution is 2.44. The van der Waals surface area contributed by atoms with Crippen LogP contribution >= 0.6 is 0 Å². The molecule has 0 saturated carbocycles. The molecule has 196 valence electrons. The summed E-state index contributed by atoms with van der Waals surface area (Å²) in [6.07, 6.45) is 1.24. The van der Waals surface area contributed by atoms with Gasteiger partial charge in [-0.3, -0.25) is 4.57 Å². The highest BCUT2D eigenvalue weighted by atomic mass is 16.8. The van der Waals surface area contributed by atoms with Crippen molar-refractivity contribution in [3.05, 3.63) is 66.7 Å². The van der Waals surface area contributed by atoms with Crippen LogP contribution in [0.3, 0.4) is 0 Å². The number of nitrogens with zero attached hydrogens (tertiary/aromatic N) is 4. The molecule has 4 aromatic rings. The molecule has 0 unspecified atom stereocenters. The summed E-state index contributed by atoms with van der Waals surface area (Å²) < 4.78 is 25.2. The Morgan fingerprint density at radius 1 is 1.03 bits per heavy atom. The summed E-state index contributed by atoms with van der Waals surface area (Å²) in [5, 5.41) is 9.88. The molecular formula is C28H28N4O6. The second-order valence-corrected chi connectivity index (χ2v) is 9.70. The zero-order valence-corrected chi connectivity index (χ0v) is 21.3. The van der Waals surface area contributed by atoms with E-state index in [9.17, 15) is 9.90 Å². The van der Waals surface area contributed by atoms with Crippen LogP contribution in [-0.4, -0.2) is 67.9 Å². The molecule has 0 spiro atoms. The van der Waals surface area contributed by atoms with E-state index in [1.807, 2.05) is 54.8 Å². The minimum absolute atomic E-state index is 0.188. The third kappa shape index (κ3) is 4.15. The predicted molar refractivity (Wildman–Crippen MR) is 137 cm³/mol. The van der Waals surface area contributed by atoms with Crippen molar-refractivity contribution in [1.82, 2.24) is 19.5 Å². The third-order valence-corrected chi connectivity index (χ3v) is 6.83. The summed E-state index contributed by atoms with van der Waals surface area (Å²) in [4.78, 5) is 25.9. The number of hydrogen-bond acceptors (Lipinski definition) is 9. The Bertz CT molecular complexity index is 1480. The number of fused-ring (bicyclic) bond motifs is 2. The Morgan fingerprint density at radius 2 is 1.76 bits per heavy atom. The topological polar surface area (TPSA) is 118 Å². The van der Waals surface area contributed by atoms with E-state index in [-0.39, 0.29) is 12.6 Å². The first kappa shape index (κ1) is 24.6. The number of imidazole rings is 1. The zero-order valence-electron chi connectivity index (χ0n) is 21.3. The van der Waals surface area contributed by atoms with Gasteiger partial charge in [0.25, 0.3) is 0 Å².